The summed E-state index contributed by atoms with van der Waals surface area (Å²) in [5.41, 5.74) is 2.09. The third-order valence-corrected chi connectivity index (χ3v) is 2.61. The molecule has 0 aliphatic carbocycles. The fourth-order valence-electron chi connectivity index (χ4n) is 1.88. The van der Waals surface area contributed by atoms with Crippen LogP contribution >= 0.6 is 0 Å². The minimum Gasteiger partial charge on any atom is -0.262 e. The van der Waals surface area contributed by atoms with Crippen LogP contribution in [0.3, 0.4) is 0 Å². The van der Waals surface area contributed by atoms with Gasteiger partial charge in [0.05, 0.1) is 16.7 Å². The quantitative estimate of drug-likeness (QED) is 0.567. The van der Waals surface area contributed by atoms with Gasteiger partial charge in [-0.05, 0) is 26.0 Å². The van der Waals surface area contributed by atoms with E-state index in [-0.39, 0.29) is 5.69 Å². The Bertz CT molecular complexity index is 439. The van der Waals surface area contributed by atoms with Crippen molar-refractivity contribution in [1.82, 2.24) is 0 Å². The molecule has 0 saturated heterocycles. The van der Waals surface area contributed by atoms with Crippen molar-refractivity contribution in [2.24, 2.45) is 5.10 Å². The number of hydrogen-bond donors (Lipinski definition) is 0. The summed E-state index contributed by atoms with van der Waals surface area (Å²) in [6, 6.07) is 6.80. The van der Waals surface area contributed by atoms with Gasteiger partial charge in [-0.3, -0.25) is 15.1 Å². The van der Waals surface area contributed by atoms with Gasteiger partial charge in [0.15, 0.2) is 0 Å². The number of nitro groups is 1. The topological polar surface area (TPSA) is 58.7 Å². The van der Waals surface area contributed by atoms with Gasteiger partial charge >= 0.3 is 0 Å². The molecular weight excluding hydrogens is 206 g/mol. The first-order valence-corrected chi connectivity index (χ1v) is 5.15. The summed E-state index contributed by atoms with van der Waals surface area (Å²) in [7, 11) is 0. The van der Waals surface area contributed by atoms with E-state index in [2.05, 4.69) is 12.0 Å². The van der Waals surface area contributed by atoms with E-state index in [1.54, 1.807) is 12.1 Å². The monoisotopic (exact) mass is 219 g/mol. The van der Waals surface area contributed by atoms with Crippen molar-refractivity contribution in [3.63, 3.8) is 0 Å². The van der Waals surface area contributed by atoms with E-state index in [4.69, 9.17) is 0 Å². The highest BCUT2D eigenvalue weighted by atomic mass is 16.6. The van der Waals surface area contributed by atoms with Gasteiger partial charge in [-0.25, -0.2) is 0 Å². The van der Waals surface area contributed by atoms with E-state index >= 15 is 0 Å². The fourth-order valence-corrected chi connectivity index (χ4v) is 1.88. The largest absolute Gasteiger partial charge is 0.269 e. The Morgan fingerprint density at radius 3 is 2.50 bits per heavy atom. The van der Waals surface area contributed by atoms with Crippen molar-refractivity contribution in [1.29, 1.82) is 0 Å². The maximum atomic E-state index is 10.5. The first kappa shape index (κ1) is 10.6. The van der Waals surface area contributed by atoms with Crippen molar-refractivity contribution in [3.8, 4) is 0 Å². The van der Waals surface area contributed by atoms with E-state index in [9.17, 15) is 10.1 Å². The van der Waals surface area contributed by atoms with Gasteiger partial charge in [0.2, 0.25) is 0 Å². The second-order valence-corrected chi connectivity index (χ2v) is 4.01. The normalized spacial score (nSPS) is 19.8. The van der Waals surface area contributed by atoms with Crippen molar-refractivity contribution >= 4 is 17.1 Å². The number of anilines is 1. The van der Waals surface area contributed by atoms with Gasteiger partial charge in [-0.15, -0.1) is 0 Å². The van der Waals surface area contributed by atoms with Crippen LogP contribution in [0.5, 0.6) is 0 Å². The Morgan fingerprint density at radius 2 is 2.06 bits per heavy atom. The Labute approximate surface area is 93.5 Å². The molecule has 1 aliphatic heterocycles. The third-order valence-electron chi connectivity index (χ3n) is 2.61. The van der Waals surface area contributed by atoms with E-state index in [1.165, 1.54) is 12.1 Å². The van der Waals surface area contributed by atoms with E-state index in [1.807, 2.05) is 11.9 Å². The molecule has 1 atom stereocenters. The van der Waals surface area contributed by atoms with E-state index < -0.39 is 4.92 Å². The van der Waals surface area contributed by atoms with Gasteiger partial charge in [0.25, 0.3) is 5.69 Å². The molecule has 1 aromatic carbocycles. The highest BCUT2D eigenvalue weighted by Gasteiger charge is 2.21. The molecule has 1 heterocycles. The molecule has 0 spiro atoms. The molecule has 1 aromatic rings. The lowest BCUT2D eigenvalue weighted by atomic mass is 10.2. The average molecular weight is 219 g/mol. The molecular formula is C11H13N3O2. The molecule has 0 fully saturated rings. The Kier molecular flexibility index (Phi) is 2.60. The molecule has 0 bridgehead atoms. The molecule has 0 amide bonds. The summed E-state index contributed by atoms with van der Waals surface area (Å²) < 4.78 is 0. The lowest BCUT2D eigenvalue weighted by Gasteiger charge is -2.19. The van der Waals surface area contributed by atoms with Crippen LogP contribution < -0.4 is 5.01 Å². The molecule has 0 N–H and O–H groups in total. The highest BCUT2D eigenvalue weighted by Crippen LogP contribution is 2.25. The minimum absolute atomic E-state index is 0.108. The second-order valence-electron chi connectivity index (χ2n) is 4.01. The molecule has 2 rings (SSSR count). The molecule has 0 saturated carbocycles. The van der Waals surface area contributed by atoms with Gasteiger partial charge < -0.3 is 0 Å². The van der Waals surface area contributed by atoms with Gasteiger partial charge in [0.1, 0.15) is 0 Å². The van der Waals surface area contributed by atoms with E-state index in [0.717, 1.165) is 17.8 Å². The summed E-state index contributed by atoms with van der Waals surface area (Å²) in [6.45, 7) is 4.07. The molecule has 16 heavy (non-hydrogen) atoms. The van der Waals surface area contributed by atoms with Gasteiger partial charge in [0, 0.05) is 24.3 Å². The smallest absolute Gasteiger partial charge is 0.262 e. The lowest BCUT2D eigenvalue weighted by molar-refractivity contribution is -0.384. The lowest BCUT2D eigenvalue weighted by Crippen LogP contribution is -2.22. The number of hydrazone groups is 1. The van der Waals surface area contributed by atoms with Crippen LogP contribution in [0.1, 0.15) is 20.3 Å². The van der Waals surface area contributed by atoms with Crippen LogP contribution in [0.2, 0.25) is 0 Å². The summed E-state index contributed by atoms with van der Waals surface area (Å²) in [4.78, 5) is 10.1. The van der Waals surface area contributed by atoms with Crippen LogP contribution in [0, 0.1) is 10.1 Å². The Balaban J connectivity index is 2.25. The predicted octanol–water partition coefficient (Wildman–Crippen LogP) is 2.57. The van der Waals surface area contributed by atoms with Crippen molar-refractivity contribution in [2.75, 3.05) is 5.01 Å². The van der Waals surface area contributed by atoms with Crippen LogP contribution in [-0.2, 0) is 0 Å². The number of rotatable bonds is 2. The maximum Gasteiger partial charge on any atom is 0.269 e. The van der Waals surface area contributed by atoms with Crippen LogP contribution in [0.4, 0.5) is 11.4 Å². The van der Waals surface area contributed by atoms with Crippen molar-refractivity contribution < 1.29 is 4.92 Å². The Hall–Kier alpha value is -1.91. The number of nitro benzene ring substituents is 1. The molecule has 84 valence electrons. The van der Waals surface area contributed by atoms with Gasteiger partial charge in [-0.1, -0.05) is 0 Å². The summed E-state index contributed by atoms with van der Waals surface area (Å²) >= 11 is 0. The number of nitrogens with zero attached hydrogens (tertiary/aromatic N) is 3. The zero-order valence-electron chi connectivity index (χ0n) is 9.25. The van der Waals surface area contributed by atoms with Crippen molar-refractivity contribution in [3.05, 3.63) is 34.4 Å². The second kappa shape index (κ2) is 3.92. The molecule has 0 aromatic heterocycles. The zero-order valence-corrected chi connectivity index (χ0v) is 9.25. The first-order valence-electron chi connectivity index (χ1n) is 5.15. The van der Waals surface area contributed by atoms with Crippen LogP contribution in [-0.4, -0.2) is 16.7 Å². The summed E-state index contributed by atoms with van der Waals surface area (Å²) in [5.74, 6) is 0. The molecule has 5 nitrogen and oxygen atoms in total. The predicted molar refractivity (Wildman–Crippen MR) is 62.8 cm³/mol. The Morgan fingerprint density at radius 1 is 1.44 bits per heavy atom. The zero-order chi connectivity index (χ0) is 11.7. The fraction of sp³-hybridized carbons (Fsp3) is 0.364. The van der Waals surface area contributed by atoms with Crippen LogP contribution in [0.25, 0.3) is 0 Å². The third kappa shape index (κ3) is 1.88. The van der Waals surface area contributed by atoms with Crippen LogP contribution in [0.15, 0.2) is 29.4 Å². The van der Waals surface area contributed by atoms with Gasteiger partial charge in [-0.2, -0.15) is 5.10 Å². The molecule has 5 heteroatoms. The SMILES string of the molecule is CC1=NN(c2ccc([N+](=O)[O-])cc2)C(C)C1. The standard InChI is InChI=1S/C11H13N3O2/c1-8-7-9(2)13(12-8)10-3-5-11(6-4-10)14(15)16/h3-6,9H,7H2,1-2H3. The summed E-state index contributed by atoms with van der Waals surface area (Å²) in [6.07, 6.45) is 0.941. The summed E-state index contributed by atoms with van der Waals surface area (Å²) in [5, 5.41) is 16.8. The highest BCUT2D eigenvalue weighted by molar-refractivity contribution is 5.86. The number of benzene rings is 1. The minimum atomic E-state index is -0.397. The maximum absolute atomic E-state index is 10.5. The number of hydrogen-bond acceptors (Lipinski definition) is 4. The average Bonchev–Trinajstić information content (AvgIpc) is 2.58. The van der Waals surface area contributed by atoms with Crippen molar-refractivity contribution in [2.45, 2.75) is 26.3 Å². The molecule has 0 radical (unpaired) electrons. The van der Waals surface area contributed by atoms with E-state index in [0.29, 0.717) is 6.04 Å². The molecule has 1 unspecified atom stereocenters. The number of non-ortho nitro benzene ring substituents is 1. The molecule has 1 aliphatic rings. The first-order chi connectivity index (χ1) is 7.58.